The van der Waals surface area contributed by atoms with Gasteiger partial charge < -0.3 is 21.1 Å². The van der Waals surface area contributed by atoms with E-state index in [1.54, 1.807) is 29.2 Å². The summed E-state index contributed by atoms with van der Waals surface area (Å²) in [4.78, 5) is 17.0. The smallest absolute Gasteiger partial charge is 0.255 e. The fraction of sp³-hybridized carbons (Fsp3) is 0.286. The van der Waals surface area contributed by atoms with Crippen LogP contribution in [0.5, 0.6) is 5.75 Å². The Bertz CT molecular complexity index is 1050. The zero-order valence-electron chi connectivity index (χ0n) is 16.5. The minimum absolute atomic E-state index is 0.0289. The third-order valence-corrected chi connectivity index (χ3v) is 5.35. The van der Waals surface area contributed by atoms with Crippen LogP contribution >= 0.6 is 11.6 Å². The molecule has 3 heterocycles. The molecule has 0 spiro atoms. The van der Waals surface area contributed by atoms with Crippen molar-refractivity contribution in [3.05, 3.63) is 59.5 Å². The number of aromatic nitrogens is 3. The van der Waals surface area contributed by atoms with Crippen LogP contribution < -0.4 is 21.1 Å². The highest BCUT2D eigenvalue weighted by molar-refractivity contribution is 6.32. The van der Waals surface area contributed by atoms with Crippen LogP contribution in [-0.2, 0) is 7.05 Å². The first kappa shape index (κ1) is 20.2. The fourth-order valence-electron chi connectivity index (χ4n) is 3.46. The third-order valence-electron chi connectivity index (χ3n) is 5.04. The maximum Gasteiger partial charge on any atom is 0.255 e. The van der Waals surface area contributed by atoms with Gasteiger partial charge in [-0.05, 0) is 24.6 Å². The molecule has 4 rings (SSSR count). The van der Waals surface area contributed by atoms with Crippen molar-refractivity contribution in [2.45, 2.75) is 18.5 Å². The van der Waals surface area contributed by atoms with E-state index >= 15 is 0 Å². The van der Waals surface area contributed by atoms with Crippen molar-refractivity contribution < 1.29 is 9.53 Å². The lowest BCUT2D eigenvalue weighted by Gasteiger charge is -2.15. The van der Waals surface area contributed by atoms with Crippen LogP contribution in [0.15, 0.2) is 48.9 Å². The van der Waals surface area contributed by atoms with Gasteiger partial charge in [-0.25, -0.2) is 4.98 Å². The predicted octanol–water partition coefficient (Wildman–Crippen LogP) is 2.26. The summed E-state index contributed by atoms with van der Waals surface area (Å²) in [6.07, 6.45) is 5.97. The molecule has 0 saturated carbocycles. The van der Waals surface area contributed by atoms with E-state index in [4.69, 9.17) is 22.1 Å². The van der Waals surface area contributed by atoms with E-state index < -0.39 is 0 Å². The van der Waals surface area contributed by atoms with E-state index in [0.717, 1.165) is 17.5 Å². The molecule has 0 radical (unpaired) electrons. The number of anilines is 1. The second kappa shape index (κ2) is 8.73. The number of halogens is 1. The minimum Gasteiger partial charge on any atom is -0.490 e. The van der Waals surface area contributed by atoms with E-state index in [2.05, 4.69) is 20.7 Å². The van der Waals surface area contributed by atoms with Gasteiger partial charge >= 0.3 is 0 Å². The zero-order chi connectivity index (χ0) is 21.1. The standard InChI is InChI=1S/C21H23ClN6O2/c1-28-11-14(9-26-28)13-6-17(20(23)25-8-13)21(29)27-15-7-16(24-10-15)12-30-19-5-3-2-4-18(19)22/h2-6,8-9,11,15-16,24H,7,10,12H2,1H3,(H2,23,25)(H,27,29)/t15-,16-/m0/s1. The molecule has 1 aliphatic rings. The summed E-state index contributed by atoms with van der Waals surface area (Å²) < 4.78 is 7.49. The fourth-order valence-corrected chi connectivity index (χ4v) is 3.65. The van der Waals surface area contributed by atoms with Gasteiger partial charge in [-0.2, -0.15) is 5.10 Å². The van der Waals surface area contributed by atoms with Crippen molar-refractivity contribution in [3.8, 4) is 16.9 Å². The van der Waals surface area contributed by atoms with E-state index in [9.17, 15) is 4.79 Å². The summed E-state index contributed by atoms with van der Waals surface area (Å²) >= 11 is 6.12. The molecule has 4 N–H and O–H groups in total. The van der Waals surface area contributed by atoms with E-state index in [0.29, 0.717) is 29.5 Å². The molecule has 1 saturated heterocycles. The largest absolute Gasteiger partial charge is 0.490 e. The topological polar surface area (TPSA) is 107 Å². The van der Waals surface area contributed by atoms with Crippen LogP contribution in [0.4, 0.5) is 5.82 Å². The Morgan fingerprint density at radius 2 is 2.20 bits per heavy atom. The zero-order valence-corrected chi connectivity index (χ0v) is 17.3. The predicted molar refractivity (Wildman–Crippen MR) is 115 cm³/mol. The number of carbonyl (C=O) groups is 1. The number of para-hydroxylation sites is 1. The average molecular weight is 427 g/mol. The number of nitrogens with two attached hydrogens (primary N) is 1. The Morgan fingerprint density at radius 1 is 1.37 bits per heavy atom. The lowest BCUT2D eigenvalue weighted by atomic mass is 10.1. The van der Waals surface area contributed by atoms with Crippen molar-refractivity contribution in [1.82, 2.24) is 25.4 Å². The first-order chi connectivity index (χ1) is 14.5. The van der Waals surface area contributed by atoms with Crippen molar-refractivity contribution >= 4 is 23.3 Å². The number of nitrogens with one attached hydrogen (secondary N) is 2. The summed E-state index contributed by atoms with van der Waals surface area (Å²) in [6, 6.07) is 9.20. The molecular weight excluding hydrogens is 404 g/mol. The average Bonchev–Trinajstić information content (AvgIpc) is 3.36. The summed E-state index contributed by atoms with van der Waals surface area (Å²) in [5.41, 5.74) is 7.98. The van der Waals surface area contributed by atoms with Gasteiger partial charge in [-0.15, -0.1) is 0 Å². The second-order valence-electron chi connectivity index (χ2n) is 7.31. The number of amides is 1. The summed E-state index contributed by atoms with van der Waals surface area (Å²) in [6.45, 7) is 1.12. The molecule has 8 nitrogen and oxygen atoms in total. The third kappa shape index (κ3) is 4.55. The maximum atomic E-state index is 12.8. The van der Waals surface area contributed by atoms with Crippen LogP contribution in [0.25, 0.3) is 11.1 Å². The van der Waals surface area contributed by atoms with Gasteiger partial charge in [0.15, 0.2) is 0 Å². The number of nitrogens with zero attached hydrogens (tertiary/aromatic N) is 3. The van der Waals surface area contributed by atoms with Gasteiger partial charge in [0.05, 0.1) is 16.8 Å². The first-order valence-corrected chi connectivity index (χ1v) is 10.0. The van der Waals surface area contributed by atoms with Crippen LogP contribution in [0.1, 0.15) is 16.8 Å². The number of hydrogen-bond acceptors (Lipinski definition) is 6. The number of carbonyl (C=O) groups excluding carboxylic acids is 1. The second-order valence-corrected chi connectivity index (χ2v) is 7.72. The molecule has 9 heteroatoms. The van der Waals surface area contributed by atoms with Gasteiger partial charge in [0, 0.05) is 49.2 Å². The number of nitrogen functional groups attached to an aromatic ring is 1. The number of pyridine rings is 1. The molecule has 0 aliphatic carbocycles. The highest BCUT2D eigenvalue weighted by Crippen LogP contribution is 2.24. The Kier molecular flexibility index (Phi) is 5.87. The summed E-state index contributed by atoms with van der Waals surface area (Å²) in [7, 11) is 1.83. The van der Waals surface area contributed by atoms with Gasteiger partial charge in [0.2, 0.25) is 0 Å². The van der Waals surface area contributed by atoms with Crippen LogP contribution in [0, 0.1) is 0 Å². The molecule has 156 valence electrons. The lowest BCUT2D eigenvalue weighted by Crippen LogP contribution is -2.36. The van der Waals surface area contributed by atoms with Crippen molar-refractivity contribution in [2.75, 3.05) is 18.9 Å². The Morgan fingerprint density at radius 3 is 2.97 bits per heavy atom. The number of ether oxygens (including phenoxy) is 1. The molecule has 0 bridgehead atoms. The van der Waals surface area contributed by atoms with Crippen LogP contribution in [0.2, 0.25) is 5.02 Å². The van der Waals surface area contributed by atoms with Gasteiger partial charge in [0.1, 0.15) is 18.2 Å². The number of rotatable bonds is 6. The normalized spacial score (nSPS) is 18.3. The molecule has 1 aliphatic heterocycles. The molecule has 30 heavy (non-hydrogen) atoms. The van der Waals surface area contributed by atoms with Crippen LogP contribution in [0.3, 0.4) is 0 Å². The molecule has 2 aromatic heterocycles. The molecular formula is C21H23ClN6O2. The molecule has 2 atom stereocenters. The molecule has 1 fully saturated rings. The number of benzene rings is 1. The first-order valence-electron chi connectivity index (χ1n) is 9.65. The Hall–Kier alpha value is -3.10. The number of hydrogen-bond donors (Lipinski definition) is 3. The highest BCUT2D eigenvalue weighted by atomic mass is 35.5. The van der Waals surface area contributed by atoms with Crippen molar-refractivity contribution in [1.29, 1.82) is 0 Å². The number of aryl methyl sites for hydroxylation is 1. The maximum absolute atomic E-state index is 12.8. The molecule has 0 unspecified atom stereocenters. The Balaban J connectivity index is 1.36. The quantitative estimate of drug-likeness (QED) is 0.558. The van der Waals surface area contributed by atoms with Gasteiger partial charge in [0.25, 0.3) is 5.91 Å². The summed E-state index contributed by atoms with van der Waals surface area (Å²) in [5.74, 6) is 0.606. The minimum atomic E-state index is -0.245. The van der Waals surface area contributed by atoms with Gasteiger partial charge in [-0.3, -0.25) is 9.48 Å². The SMILES string of the molecule is Cn1cc(-c2cnc(N)c(C(=O)N[C@@H]3CN[C@H](COc4ccccc4Cl)C3)c2)cn1. The molecule has 1 amide bonds. The molecule has 3 aromatic rings. The van der Waals surface area contributed by atoms with Crippen LogP contribution in [-0.4, -0.2) is 45.9 Å². The monoisotopic (exact) mass is 426 g/mol. The summed E-state index contributed by atoms with van der Waals surface area (Å²) in [5, 5.41) is 11.1. The van der Waals surface area contributed by atoms with E-state index in [1.807, 2.05) is 31.4 Å². The van der Waals surface area contributed by atoms with E-state index in [1.165, 1.54) is 0 Å². The highest BCUT2D eigenvalue weighted by Gasteiger charge is 2.27. The van der Waals surface area contributed by atoms with Crippen molar-refractivity contribution in [3.63, 3.8) is 0 Å². The Labute approximate surface area is 179 Å². The molecule has 1 aromatic carbocycles. The lowest BCUT2D eigenvalue weighted by molar-refractivity contribution is 0.0940. The van der Waals surface area contributed by atoms with E-state index in [-0.39, 0.29) is 23.8 Å². The van der Waals surface area contributed by atoms with Gasteiger partial charge in [-0.1, -0.05) is 23.7 Å². The van der Waals surface area contributed by atoms with Crippen molar-refractivity contribution in [2.24, 2.45) is 7.05 Å².